The molecule has 3 rings (SSSR count). The SMILES string of the molecule is CCc1nc2cc(NC(=O)C(c3ccc(C)cc3)N(C)C)ccc2n1CC. The van der Waals surface area contributed by atoms with Crippen LogP contribution in [0.3, 0.4) is 0 Å². The van der Waals surface area contributed by atoms with E-state index in [9.17, 15) is 4.79 Å². The van der Waals surface area contributed by atoms with Gasteiger partial charge in [-0.05, 0) is 51.7 Å². The van der Waals surface area contributed by atoms with Crippen LogP contribution in [0.15, 0.2) is 42.5 Å². The number of nitrogens with zero attached hydrogens (tertiary/aromatic N) is 3. The number of hydrogen-bond donors (Lipinski definition) is 1. The van der Waals surface area contributed by atoms with E-state index in [2.05, 4.69) is 23.7 Å². The third kappa shape index (κ3) is 3.88. The number of fused-ring (bicyclic) bond motifs is 1. The first-order valence-corrected chi connectivity index (χ1v) is 9.47. The lowest BCUT2D eigenvalue weighted by Gasteiger charge is -2.24. The zero-order valence-corrected chi connectivity index (χ0v) is 16.8. The molecule has 0 spiro atoms. The summed E-state index contributed by atoms with van der Waals surface area (Å²) in [6, 6.07) is 13.7. The number of aromatic nitrogens is 2. The van der Waals surface area contributed by atoms with Gasteiger partial charge in [-0.2, -0.15) is 0 Å². The molecule has 1 atom stereocenters. The van der Waals surface area contributed by atoms with Crippen molar-refractivity contribution >= 4 is 22.6 Å². The van der Waals surface area contributed by atoms with Crippen LogP contribution >= 0.6 is 0 Å². The highest BCUT2D eigenvalue weighted by molar-refractivity contribution is 5.97. The van der Waals surface area contributed by atoms with Crippen LogP contribution in [0.4, 0.5) is 5.69 Å². The van der Waals surface area contributed by atoms with E-state index in [0.717, 1.165) is 41.1 Å². The molecule has 142 valence electrons. The standard InChI is InChI=1S/C22H28N4O/c1-6-20-24-18-14-17(12-13-19(18)26(20)7-2)23-22(27)21(25(4)5)16-10-8-15(3)9-11-16/h8-14,21H,6-7H2,1-5H3,(H,23,27). The number of anilines is 1. The average Bonchev–Trinajstić information content (AvgIpc) is 3.00. The molecule has 27 heavy (non-hydrogen) atoms. The lowest BCUT2D eigenvalue weighted by Crippen LogP contribution is -2.32. The number of carbonyl (C=O) groups excluding carboxylic acids is 1. The fraction of sp³-hybridized carbons (Fsp3) is 0.364. The predicted octanol–water partition coefficient (Wildman–Crippen LogP) is 4.17. The molecule has 0 aliphatic heterocycles. The van der Waals surface area contributed by atoms with Crippen molar-refractivity contribution in [1.29, 1.82) is 0 Å². The number of hydrogen-bond acceptors (Lipinski definition) is 3. The fourth-order valence-electron chi connectivity index (χ4n) is 3.52. The van der Waals surface area contributed by atoms with Crippen molar-refractivity contribution in [3.8, 4) is 0 Å². The van der Waals surface area contributed by atoms with E-state index in [0.29, 0.717) is 0 Å². The second kappa shape index (κ2) is 7.92. The van der Waals surface area contributed by atoms with Crippen molar-refractivity contribution in [3.63, 3.8) is 0 Å². The Morgan fingerprint density at radius 3 is 2.44 bits per heavy atom. The second-order valence-electron chi connectivity index (χ2n) is 7.10. The van der Waals surface area contributed by atoms with E-state index < -0.39 is 0 Å². The Labute approximate surface area is 161 Å². The van der Waals surface area contributed by atoms with E-state index in [4.69, 9.17) is 4.98 Å². The molecule has 2 aromatic carbocycles. The Bertz CT molecular complexity index is 941. The van der Waals surface area contributed by atoms with Gasteiger partial charge in [0.2, 0.25) is 5.91 Å². The topological polar surface area (TPSA) is 50.2 Å². The molecule has 0 aliphatic rings. The Hall–Kier alpha value is -2.66. The van der Waals surface area contributed by atoms with E-state index in [-0.39, 0.29) is 11.9 Å². The third-order valence-electron chi connectivity index (χ3n) is 4.89. The first-order chi connectivity index (χ1) is 12.9. The monoisotopic (exact) mass is 364 g/mol. The molecule has 0 aliphatic carbocycles. The van der Waals surface area contributed by atoms with Crippen LogP contribution in [0.5, 0.6) is 0 Å². The lowest BCUT2D eigenvalue weighted by molar-refractivity contribution is -0.120. The molecule has 1 aromatic heterocycles. The van der Waals surface area contributed by atoms with Crippen LogP contribution in [0.1, 0.15) is 36.8 Å². The molecule has 1 N–H and O–H groups in total. The molecule has 1 amide bonds. The first kappa shape index (κ1) is 19.1. The Morgan fingerprint density at radius 1 is 1.15 bits per heavy atom. The number of amides is 1. The number of carbonyl (C=O) groups is 1. The van der Waals surface area contributed by atoms with Crippen molar-refractivity contribution < 1.29 is 4.79 Å². The molecule has 0 saturated heterocycles. The maximum Gasteiger partial charge on any atom is 0.246 e. The van der Waals surface area contributed by atoms with Crippen LogP contribution in [0.25, 0.3) is 11.0 Å². The Balaban J connectivity index is 1.88. The summed E-state index contributed by atoms with van der Waals surface area (Å²) in [6.45, 7) is 7.17. The van der Waals surface area contributed by atoms with Crippen molar-refractivity contribution in [2.75, 3.05) is 19.4 Å². The molecular formula is C22H28N4O. The molecule has 1 unspecified atom stereocenters. The largest absolute Gasteiger partial charge is 0.328 e. The minimum atomic E-state index is -0.347. The summed E-state index contributed by atoms with van der Waals surface area (Å²) < 4.78 is 2.22. The highest BCUT2D eigenvalue weighted by Gasteiger charge is 2.23. The number of rotatable bonds is 6. The molecule has 5 nitrogen and oxygen atoms in total. The smallest absolute Gasteiger partial charge is 0.246 e. The summed E-state index contributed by atoms with van der Waals surface area (Å²) in [6.07, 6.45) is 0.889. The van der Waals surface area contributed by atoms with Gasteiger partial charge in [0.15, 0.2) is 0 Å². The van der Waals surface area contributed by atoms with Crippen LogP contribution < -0.4 is 5.32 Å². The van der Waals surface area contributed by atoms with Gasteiger partial charge in [-0.25, -0.2) is 4.98 Å². The zero-order valence-electron chi connectivity index (χ0n) is 16.8. The second-order valence-corrected chi connectivity index (χ2v) is 7.10. The van der Waals surface area contributed by atoms with Gasteiger partial charge in [0.25, 0.3) is 0 Å². The first-order valence-electron chi connectivity index (χ1n) is 9.47. The summed E-state index contributed by atoms with van der Waals surface area (Å²) in [5, 5.41) is 3.06. The molecule has 0 fully saturated rings. The highest BCUT2D eigenvalue weighted by atomic mass is 16.2. The lowest BCUT2D eigenvalue weighted by atomic mass is 10.0. The van der Waals surface area contributed by atoms with Gasteiger partial charge in [-0.15, -0.1) is 0 Å². The maximum atomic E-state index is 13.0. The van der Waals surface area contributed by atoms with Gasteiger partial charge in [0.1, 0.15) is 11.9 Å². The number of benzene rings is 2. The average molecular weight is 364 g/mol. The molecular weight excluding hydrogens is 336 g/mol. The molecule has 3 aromatic rings. The number of imidazole rings is 1. The van der Waals surface area contributed by atoms with Gasteiger partial charge in [-0.1, -0.05) is 36.8 Å². The van der Waals surface area contributed by atoms with E-state index in [1.165, 1.54) is 5.56 Å². The highest BCUT2D eigenvalue weighted by Crippen LogP contribution is 2.24. The van der Waals surface area contributed by atoms with Gasteiger partial charge in [0, 0.05) is 18.7 Å². The van der Waals surface area contributed by atoms with Gasteiger partial charge >= 0.3 is 0 Å². The molecule has 0 bridgehead atoms. The quantitative estimate of drug-likeness (QED) is 0.714. The summed E-state index contributed by atoms with van der Waals surface area (Å²) in [5.41, 5.74) is 4.96. The van der Waals surface area contributed by atoms with Crippen molar-refractivity contribution in [2.45, 2.75) is 39.8 Å². The maximum absolute atomic E-state index is 13.0. The van der Waals surface area contributed by atoms with Crippen LogP contribution in [-0.4, -0.2) is 34.5 Å². The van der Waals surface area contributed by atoms with E-state index in [1.807, 2.05) is 68.4 Å². The number of aryl methyl sites for hydroxylation is 3. The summed E-state index contributed by atoms with van der Waals surface area (Å²) in [5.74, 6) is 1.02. The van der Waals surface area contributed by atoms with E-state index >= 15 is 0 Å². The summed E-state index contributed by atoms with van der Waals surface area (Å²) in [7, 11) is 3.84. The van der Waals surface area contributed by atoms with E-state index in [1.54, 1.807) is 0 Å². The van der Waals surface area contributed by atoms with Gasteiger partial charge in [0.05, 0.1) is 11.0 Å². The van der Waals surface area contributed by atoms with Crippen LogP contribution in [0, 0.1) is 6.92 Å². The Kier molecular flexibility index (Phi) is 5.61. The fourth-order valence-corrected chi connectivity index (χ4v) is 3.52. The number of likely N-dealkylation sites (N-methyl/N-ethyl adjacent to an activating group) is 1. The minimum Gasteiger partial charge on any atom is -0.328 e. The zero-order chi connectivity index (χ0) is 19.6. The van der Waals surface area contributed by atoms with Gasteiger partial charge in [-0.3, -0.25) is 9.69 Å². The van der Waals surface area contributed by atoms with Gasteiger partial charge < -0.3 is 9.88 Å². The summed E-state index contributed by atoms with van der Waals surface area (Å²) >= 11 is 0. The van der Waals surface area contributed by atoms with Crippen LogP contribution in [0.2, 0.25) is 0 Å². The molecule has 0 radical (unpaired) electrons. The minimum absolute atomic E-state index is 0.0474. The predicted molar refractivity (Wildman–Crippen MR) is 111 cm³/mol. The molecule has 1 heterocycles. The molecule has 0 saturated carbocycles. The van der Waals surface area contributed by atoms with Crippen molar-refractivity contribution in [3.05, 3.63) is 59.4 Å². The van der Waals surface area contributed by atoms with Crippen molar-refractivity contribution in [1.82, 2.24) is 14.5 Å². The third-order valence-corrected chi connectivity index (χ3v) is 4.89. The number of nitrogens with one attached hydrogen (secondary N) is 1. The summed E-state index contributed by atoms with van der Waals surface area (Å²) in [4.78, 5) is 19.6. The Morgan fingerprint density at radius 2 is 1.85 bits per heavy atom. The van der Waals surface area contributed by atoms with Crippen LogP contribution in [-0.2, 0) is 17.8 Å². The normalized spacial score (nSPS) is 12.5. The molecule has 5 heteroatoms. The van der Waals surface area contributed by atoms with Crippen molar-refractivity contribution in [2.24, 2.45) is 0 Å².